The number of alkyl halides is 1. The molecule has 1 atom stereocenters. The summed E-state index contributed by atoms with van der Waals surface area (Å²) in [6, 6.07) is 0. The molecule has 2 saturated heterocycles. The van der Waals surface area contributed by atoms with E-state index < -0.39 is 20.5 Å². The summed E-state index contributed by atoms with van der Waals surface area (Å²) in [6.07, 6.45) is 0. The molecule has 1 aromatic rings. The largest absolute Gasteiger partial charge is 0.378 e. The first kappa shape index (κ1) is 18.7. The van der Waals surface area contributed by atoms with Crippen molar-refractivity contribution in [2.75, 3.05) is 62.4 Å². The second kappa shape index (κ2) is 8.05. The maximum Gasteiger partial charge on any atom is 0.341 e. The summed E-state index contributed by atoms with van der Waals surface area (Å²) in [4.78, 5) is 32.2. The summed E-state index contributed by atoms with van der Waals surface area (Å²) in [5.41, 5.74) is -0.722. The van der Waals surface area contributed by atoms with Crippen LogP contribution in [0.15, 0.2) is 0 Å². The molecule has 2 fully saturated rings. The van der Waals surface area contributed by atoms with Crippen LogP contribution >= 0.6 is 15.9 Å². The van der Waals surface area contributed by atoms with Crippen LogP contribution in [0.2, 0.25) is 0 Å². The minimum Gasteiger partial charge on any atom is -0.378 e. The summed E-state index contributed by atoms with van der Waals surface area (Å²) in [7, 11) is 0. The van der Waals surface area contributed by atoms with Gasteiger partial charge < -0.3 is 19.3 Å². The molecule has 0 bridgehead atoms. The van der Waals surface area contributed by atoms with Gasteiger partial charge in [-0.2, -0.15) is 4.98 Å². The van der Waals surface area contributed by atoms with Crippen molar-refractivity contribution < 1.29 is 19.3 Å². The van der Waals surface area contributed by atoms with Gasteiger partial charge in [0.1, 0.15) is 0 Å². The van der Waals surface area contributed by atoms with E-state index >= 15 is 0 Å². The molecule has 0 N–H and O–H groups in total. The van der Waals surface area contributed by atoms with Gasteiger partial charge >= 0.3 is 10.6 Å². The summed E-state index contributed by atoms with van der Waals surface area (Å²) in [5, 5.41) is 22.9. The minimum absolute atomic E-state index is 0.0797. The third kappa shape index (κ3) is 3.83. The molecule has 0 aliphatic carbocycles. The Morgan fingerprint density at radius 2 is 1.50 bits per heavy atom. The second-order valence-corrected chi connectivity index (χ2v) is 6.53. The Balaban J connectivity index is 2.12. The van der Waals surface area contributed by atoms with Crippen LogP contribution in [0.25, 0.3) is 0 Å². The molecule has 0 spiro atoms. The quantitative estimate of drug-likeness (QED) is 0.283. The number of anilines is 2. The maximum atomic E-state index is 11.7. The van der Waals surface area contributed by atoms with Crippen LogP contribution in [-0.4, -0.2) is 72.4 Å². The van der Waals surface area contributed by atoms with Gasteiger partial charge in [-0.15, -0.1) is 0 Å². The van der Waals surface area contributed by atoms with Crippen LogP contribution in [0.4, 0.5) is 17.5 Å². The fraction of sp³-hybridized carbons (Fsp3) is 0.692. The predicted octanol–water partition coefficient (Wildman–Crippen LogP) is 0.728. The van der Waals surface area contributed by atoms with Gasteiger partial charge in [0, 0.05) is 47.0 Å². The molecular formula is C13H17BrN6O6. The van der Waals surface area contributed by atoms with Crippen molar-refractivity contribution in [2.24, 2.45) is 0 Å². The molecular weight excluding hydrogens is 416 g/mol. The van der Waals surface area contributed by atoms with Gasteiger partial charge in [-0.1, -0.05) is 0 Å². The number of hydrogen-bond acceptors (Lipinski definition) is 10. The van der Waals surface area contributed by atoms with Gasteiger partial charge in [0.25, 0.3) is 0 Å². The summed E-state index contributed by atoms with van der Waals surface area (Å²) in [5.74, 6) is 0.304. The zero-order valence-corrected chi connectivity index (χ0v) is 15.3. The standard InChI is InChI=1S/C13H17BrN6O6/c14-11(20(23)24)9-10(19(21)22)12(17-1-5-25-6-2-17)16-13(15-9)18-3-7-26-8-4-18/h11H,1-8H2. The van der Waals surface area contributed by atoms with Gasteiger partial charge in [-0.3, -0.25) is 20.2 Å². The topological polar surface area (TPSA) is 137 Å². The van der Waals surface area contributed by atoms with E-state index in [1.54, 1.807) is 9.80 Å². The van der Waals surface area contributed by atoms with Crippen molar-refractivity contribution in [1.29, 1.82) is 0 Å². The number of morpholine rings is 2. The molecule has 1 unspecified atom stereocenters. The highest BCUT2D eigenvalue weighted by Gasteiger charge is 2.38. The fourth-order valence-corrected chi connectivity index (χ4v) is 3.11. The average molecular weight is 433 g/mol. The van der Waals surface area contributed by atoms with E-state index in [-0.39, 0.29) is 17.5 Å². The Bertz CT molecular complexity index is 694. The van der Waals surface area contributed by atoms with Crippen molar-refractivity contribution in [3.8, 4) is 0 Å². The molecule has 1 aromatic heterocycles. The number of hydrogen-bond donors (Lipinski definition) is 0. The number of nitro groups is 2. The molecule has 0 saturated carbocycles. The van der Waals surface area contributed by atoms with Gasteiger partial charge in [0.15, 0.2) is 0 Å². The highest BCUT2D eigenvalue weighted by Crippen LogP contribution is 2.38. The van der Waals surface area contributed by atoms with E-state index in [9.17, 15) is 20.2 Å². The van der Waals surface area contributed by atoms with Crippen molar-refractivity contribution in [3.05, 3.63) is 25.9 Å². The molecule has 26 heavy (non-hydrogen) atoms. The van der Waals surface area contributed by atoms with Crippen LogP contribution in [0, 0.1) is 20.2 Å². The minimum atomic E-state index is -1.51. The Morgan fingerprint density at radius 3 is 2.00 bits per heavy atom. The summed E-state index contributed by atoms with van der Waals surface area (Å²) in [6.45, 7) is 3.56. The van der Waals surface area contributed by atoms with Crippen LogP contribution < -0.4 is 9.80 Å². The van der Waals surface area contributed by atoms with E-state index in [1.807, 2.05) is 0 Å². The number of halogens is 1. The van der Waals surface area contributed by atoms with Gasteiger partial charge in [0.2, 0.25) is 17.5 Å². The Hall–Kier alpha value is -2.12. The molecule has 3 rings (SSSR count). The van der Waals surface area contributed by atoms with Crippen molar-refractivity contribution in [3.63, 3.8) is 0 Å². The van der Waals surface area contributed by atoms with E-state index in [1.165, 1.54) is 0 Å². The van der Waals surface area contributed by atoms with Crippen molar-refractivity contribution >= 4 is 33.4 Å². The monoisotopic (exact) mass is 432 g/mol. The lowest BCUT2D eigenvalue weighted by Crippen LogP contribution is -2.40. The molecule has 2 aliphatic heterocycles. The third-order valence-corrected chi connectivity index (χ3v) is 4.85. The highest BCUT2D eigenvalue weighted by molar-refractivity contribution is 9.09. The van der Waals surface area contributed by atoms with E-state index in [0.717, 1.165) is 0 Å². The lowest BCUT2D eigenvalue weighted by molar-refractivity contribution is -0.500. The SMILES string of the molecule is O=[N+]([O-])c1c(C(Br)[N+](=O)[O-])nc(N2CCOCC2)nc1N1CCOCC1. The predicted molar refractivity (Wildman–Crippen MR) is 93.4 cm³/mol. The third-order valence-electron chi connectivity index (χ3n) is 4.08. The van der Waals surface area contributed by atoms with E-state index in [0.29, 0.717) is 52.6 Å². The smallest absolute Gasteiger partial charge is 0.341 e. The number of rotatable bonds is 5. The zero-order chi connectivity index (χ0) is 18.7. The molecule has 12 nitrogen and oxygen atoms in total. The highest BCUT2D eigenvalue weighted by atomic mass is 79.9. The number of aromatic nitrogens is 2. The first-order chi connectivity index (χ1) is 12.5. The van der Waals surface area contributed by atoms with Crippen LogP contribution in [-0.2, 0) is 9.47 Å². The normalized spacial score (nSPS) is 19.3. The Kier molecular flexibility index (Phi) is 5.78. The molecule has 0 amide bonds. The van der Waals surface area contributed by atoms with Gasteiger partial charge in [-0.25, -0.2) is 4.98 Å². The Labute approximate surface area is 156 Å². The zero-order valence-electron chi connectivity index (χ0n) is 13.7. The van der Waals surface area contributed by atoms with Gasteiger partial charge in [-0.05, 0) is 0 Å². The first-order valence-corrected chi connectivity index (χ1v) is 8.90. The van der Waals surface area contributed by atoms with Crippen LogP contribution in [0.3, 0.4) is 0 Å². The van der Waals surface area contributed by atoms with Gasteiger partial charge in [0.05, 0.1) is 31.4 Å². The van der Waals surface area contributed by atoms with Crippen molar-refractivity contribution in [2.45, 2.75) is 4.95 Å². The molecule has 2 aliphatic rings. The molecule has 13 heteroatoms. The summed E-state index contributed by atoms with van der Waals surface area (Å²) < 4.78 is 10.6. The van der Waals surface area contributed by atoms with Crippen LogP contribution in [0.5, 0.6) is 0 Å². The average Bonchev–Trinajstić information content (AvgIpc) is 2.67. The van der Waals surface area contributed by atoms with E-state index in [4.69, 9.17) is 9.47 Å². The number of nitrogens with zero attached hydrogens (tertiary/aromatic N) is 6. The lowest BCUT2D eigenvalue weighted by atomic mass is 10.2. The maximum absolute atomic E-state index is 11.7. The second-order valence-electron chi connectivity index (χ2n) is 5.66. The first-order valence-electron chi connectivity index (χ1n) is 7.98. The lowest BCUT2D eigenvalue weighted by Gasteiger charge is -2.30. The molecule has 0 radical (unpaired) electrons. The number of ether oxygens (including phenoxy) is 2. The van der Waals surface area contributed by atoms with Crippen LogP contribution in [0.1, 0.15) is 10.6 Å². The summed E-state index contributed by atoms with van der Waals surface area (Å²) >= 11 is 2.91. The molecule has 3 heterocycles. The molecule has 142 valence electrons. The molecule has 0 aromatic carbocycles. The fourth-order valence-electron chi connectivity index (χ4n) is 2.79. The van der Waals surface area contributed by atoms with E-state index in [2.05, 4.69) is 25.9 Å². The van der Waals surface area contributed by atoms with Crippen molar-refractivity contribution in [1.82, 2.24) is 9.97 Å². The Morgan fingerprint density at radius 1 is 0.962 bits per heavy atom.